The van der Waals surface area contributed by atoms with E-state index in [2.05, 4.69) is 4.98 Å². The number of carbonyl (C=O) groups excluding carboxylic acids is 1. The van der Waals surface area contributed by atoms with Gasteiger partial charge >= 0.3 is 5.69 Å². The first-order valence-electron chi connectivity index (χ1n) is 9.44. The van der Waals surface area contributed by atoms with Crippen molar-refractivity contribution >= 4 is 11.5 Å². The van der Waals surface area contributed by atoms with Gasteiger partial charge in [-0.05, 0) is 37.5 Å². The molecular weight excluding hydrogens is 368 g/mol. The van der Waals surface area contributed by atoms with Crippen molar-refractivity contribution in [2.45, 2.75) is 19.8 Å². The van der Waals surface area contributed by atoms with Crippen molar-refractivity contribution in [2.24, 2.45) is 5.92 Å². The van der Waals surface area contributed by atoms with Crippen molar-refractivity contribution in [3.05, 3.63) is 76.0 Å². The Morgan fingerprint density at radius 3 is 2.28 bits per heavy atom. The lowest BCUT2D eigenvalue weighted by molar-refractivity contribution is -0.383. The SMILES string of the molecule is COc1ccc(-c2c(C(=O)C3CC3)c(C)nc(-c3ccccc3)c2[N+](=O)[O-])cc1. The Morgan fingerprint density at radius 2 is 1.72 bits per heavy atom. The maximum atomic E-state index is 13.1. The van der Waals surface area contributed by atoms with E-state index in [1.165, 1.54) is 0 Å². The number of hydrogen-bond acceptors (Lipinski definition) is 5. The summed E-state index contributed by atoms with van der Waals surface area (Å²) in [7, 11) is 1.56. The van der Waals surface area contributed by atoms with Gasteiger partial charge in [-0.3, -0.25) is 14.9 Å². The number of aromatic nitrogens is 1. The summed E-state index contributed by atoms with van der Waals surface area (Å²) in [5, 5.41) is 12.2. The molecule has 0 unspecified atom stereocenters. The third kappa shape index (κ3) is 3.49. The Balaban J connectivity index is 2.05. The molecule has 0 spiro atoms. The summed E-state index contributed by atoms with van der Waals surface area (Å²) in [4.78, 5) is 29.4. The largest absolute Gasteiger partial charge is 0.497 e. The van der Waals surface area contributed by atoms with E-state index < -0.39 is 4.92 Å². The number of rotatable bonds is 6. The van der Waals surface area contributed by atoms with Crippen LogP contribution in [0.5, 0.6) is 5.75 Å². The Labute approximate surface area is 168 Å². The number of ether oxygens (including phenoxy) is 1. The molecule has 1 saturated carbocycles. The molecule has 1 aromatic heterocycles. The molecule has 6 nitrogen and oxygen atoms in total. The predicted octanol–water partition coefficient (Wildman–Crippen LogP) is 5.23. The van der Waals surface area contributed by atoms with Crippen molar-refractivity contribution in [3.63, 3.8) is 0 Å². The molecule has 3 aromatic rings. The average molecular weight is 388 g/mol. The number of hydrogen-bond donors (Lipinski definition) is 0. The Hall–Kier alpha value is -3.54. The van der Waals surface area contributed by atoms with Crippen LogP contribution in [0.15, 0.2) is 54.6 Å². The van der Waals surface area contributed by atoms with Gasteiger partial charge in [0, 0.05) is 17.2 Å². The van der Waals surface area contributed by atoms with Crippen LogP contribution < -0.4 is 4.74 Å². The molecule has 0 radical (unpaired) electrons. The van der Waals surface area contributed by atoms with Crippen LogP contribution in [-0.4, -0.2) is 22.8 Å². The third-order valence-electron chi connectivity index (χ3n) is 5.16. The fraction of sp³-hybridized carbons (Fsp3) is 0.217. The minimum atomic E-state index is -0.433. The molecule has 29 heavy (non-hydrogen) atoms. The van der Waals surface area contributed by atoms with Crippen molar-refractivity contribution in [1.82, 2.24) is 4.98 Å². The molecule has 4 rings (SSSR count). The van der Waals surface area contributed by atoms with Gasteiger partial charge in [-0.25, -0.2) is 4.98 Å². The second-order valence-electron chi connectivity index (χ2n) is 7.13. The second kappa shape index (κ2) is 7.47. The summed E-state index contributed by atoms with van der Waals surface area (Å²) >= 11 is 0. The summed E-state index contributed by atoms with van der Waals surface area (Å²) in [6.45, 7) is 1.75. The highest BCUT2D eigenvalue weighted by molar-refractivity contribution is 6.08. The zero-order valence-corrected chi connectivity index (χ0v) is 16.2. The second-order valence-corrected chi connectivity index (χ2v) is 7.13. The number of ketones is 1. The monoisotopic (exact) mass is 388 g/mol. The first-order valence-corrected chi connectivity index (χ1v) is 9.44. The molecule has 1 fully saturated rings. The lowest BCUT2D eigenvalue weighted by Crippen LogP contribution is -2.12. The van der Waals surface area contributed by atoms with Crippen LogP contribution in [0.25, 0.3) is 22.4 Å². The lowest BCUT2D eigenvalue weighted by atomic mass is 9.90. The molecule has 6 heteroatoms. The standard InChI is InChI=1S/C23H20N2O4/c1-14-19(23(26)17-8-9-17)20(15-10-12-18(29-2)13-11-15)22(25(27)28)21(24-14)16-6-4-3-5-7-16/h3-7,10-13,17H,8-9H2,1-2H3. The van der Waals surface area contributed by atoms with Crippen molar-refractivity contribution < 1.29 is 14.5 Å². The Morgan fingerprint density at radius 1 is 1.07 bits per heavy atom. The molecule has 0 amide bonds. The van der Waals surface area contributed by atoms with E-state index in [4.69, 9.17) is 4.74 Å². The highest BCUT2D eigenvalue weighted by Gasteiger charge is 2.37. The normalized spacial score (nSPS) is 13.2. The molecular formula is C23H20N2O4. The number of nitrogens with zero attached hydrogens (tertiary/aromatic N) is 2. The highest BCUT2D eigenvalue weighted by atomic mass is 16.6. The van der Waals surface area contributed by atoms with Gasteiger partial charge in [0.15, 0.2) is 5.78 Å². The van der Waals surface area contributed by atoms with E-state index in [0.29, 0.717) is 33.7 Å². The number of methoxy groups -OCH3 is 1. The maximum Gasteiger partial charge on any atom is 0.303 e. The van der Waals surface area contributed by atoms with Gasteiger partial charge in [-0.2, -0.15) is 0 Å². The van der Waals surface area contributed by atoms with E-state index in [1.54, 1.807) is 50.4 Å². The molecule has 0 saturated heterocycles. The van der Waals surface area contributed by atoms with Crippen molar-refractivity contribution in [3.8, 4) is 28.1 Å². The molecule has 1 aliphatic rings. The molecule has 0 atom stereocenters. The first kappa shape index (κ1) is 18.8. The summed E-state index contributed by atoms with van der Waals surface area (Å²) in [6, 6.07) is 16.0. The summed E-state index contributed by atoms with van der Waals surface area (Å²) in [5.41, 5.74) is 2.57. The number of pyridine rings is 1. The van der Waals surface area contributed by atoms with Crippen LogP contribution in [0.1, 0.15) is 28.9 Å². The van der Waals surface area contributed by atoms with E-state index in [0.717, 1.165) is 12.8 Å². The molecule has 0 aliphatic heterocycles. The van der Waals surface area contributed by atoms with Gasteiger partial charge < -0.3 is 4.74 Å². The van der Waals surface area contributed by atoms with E-state index >= 15 is 0 Å². The Kier molecular flexibility index (Phi) is 4.84. The number of nitro groups is 1. The van der Waals surface area contributed by atoms with Gasteiger partial charge in [0.1, 0.15) is 11.4 Å². The fourth-order valence-corrected chi connectivity index (χ4v) is 3.56. The lowest BCUT2D eigenvalue weighted by Gasteiger charge is -2.15. The van der Waals surface area contributed by atoms with Crippen LogP contribution in [0.2, 0.25) is 0 Å². The number of benzene rings is 2. The fourth-order valence-electron chi connectivity index (χ4n) is 3.56. The van der Waals surface area contributed by atoms with Gasteiger partial charge in [0.25, 0.3) is 0 Å². The molecule has 0 N–H and O–H groups in total. The van der Waals surface area contributed by atoms with Gasteiger partial charge in [-0.15, -0.1) is 0 Å². The van der Waals surface area contributed by atoms with E-state index in [1.807, 2.05) is 18.2 Å². The molecule has 2 aromatic carbocycles. The van der Waals surface area contributed by atoms with Gasteiger partial charge in [0.05, 0.1) is 23.2 Å². The Bertz CT molecular complexity index is 1090. The zero-order valence-electron chi connectivity index (χ0n) is 16.2. The highest BCUT2D eigenvalue weighted by Crippen LogP contribution is 2.44. The maximum absolute atomic E-state index is 13.1. The minimum absolute atomic E-state index is 0.0662. The molecule has 0 bridgehead atoms. The molecule has 1 heterocycles. The molecule has 1 aliphatic carbocycles. The van der Waals surface area contributed by atoms with Crippen LogP contribution in [-0.2, 0) is 0 Å². The van der Waals surface area contributed by atoms with Gasteiger partial charge in [0.2, 0.25) is 0 Å². The number of aryl methyl sites for hydroxylation is 1. The quantitative estimate of drug-likeness (QED) is 0.328. The van der Waals surface area contributed by atoms with E-state index in [-0.39, 0.29) is 23.1 Å². The van der Waals surface area contributed by atoms with Crippen LogP contribution in [0.3, 0.4) is 0 Å². The topological polar surface area (TPSA) is 82.3 Å². The van der Waals surface area contributed by atoms with Crippen LogP contribution in [0, 0.1) is 23.0 Å². The minimum Gasteiger partial charge on any atom is -0.497 e. The first-order chi connectivity index (χ1) is 14.0. The van der Waals surface area contributed by atoms with Crippen molar-refractivity contribution in [2.75, 3.05) is 7.11 Å². The molecule has 146 valence electrons. The average Bonchev–Trinajstić information content (AvgIpc) is 3.58. The number of carbonyl (C=O) groups is 1. The van der Waals surface area contributed by atoms with E-state index in [9.17, 15) is 14.9 Å². The predicted molar refractivity (Wildman–Crippen MR) is 110 cm³/mol. The zero-order chi connectivity index (χ0) is 20.5. The third-order valence-corrected chi connectivity index (χ3v) is 5.16. The van der Waals surface area contributed by atoms with Gasteiger partial charge in [-0.1, -0.05) is 42.5 Å². The summed E-state index contributed by atoms with van der Waals surface area (Å²) < 4.78 is 5.21. The van der Waals surface area contributed by atoms with Crippen LogP contribution in [0.4, 0.5) is 5.69 Å². The number of Topliss-reactive ketones (excluding diaryl/α,β-unsaturated/α-hetero) is 1. The summed E-state index contributed by atoms with van der Waals surface area (Å²) in [5.74, 6) is 0.499. The summed E-state index contributed by atoms with van der Waals surface area (Å²) in [6.07, 6.45) is 1.63. The smallest absolute Gasteiger partial charge is 0.303 e. The van der Waals surface area contributed by atoms with Crippen LogP contribution >= 0.6 is 0 Å². The van der Waals surface area contributed by atoms with Crippen molar-refractivity contribution in [1.29, 1.82) is 0 Å².